The van der Waals surface area contributed by atoms with Crippen LogP contribution >= 0.6 is 0 Å². The molecule has 0 fully saturated rings. The van der Waals surface area contributed by atoms with Gasteiger partial charge in [-0.1, -0.05) is 18.2 Å². The van der Waals surface area contributed by atoms with Gasteiger partial charge in [-0.2, -0.15) is 0 Å². The molecule has 0 radical (unpaired) electrons. The maximum absolute atomic E-state index is 12.3. The molecule has 2 aromatic carbocycles. The predicted octanol–water partition coefficient (Wildman–Crippen LogP) is 3.04. The summed E-state index contributed by atoms with van der Waals surface area (Å²) in [5.41, 5.74) is 9.79. The number of hydrogen-bond donors (Lipinski definition) is 3. The van der Waals surface area contributed by atoms with Gasteiger partial charge >= 0.3 is 0 Å². The van der Waals surface area contributed by atoms with Crippen LogP contribution in [0.15, 0.2) is 36.4 Å². The first-order valence-corrected chi connectivity index (χ1v) is 7.65. The molecule has 4 N–H and O–H groups in total. The fourth-order valence-corrected chi connectivity index (χ4v) is 2.43. The van der Waals surface area contributed by atoms with Crippen LogP contribution in [0.2, 0.25) is 0 Å². The van der Waals surface area contributed by atoms with Crippen molar-refractivity contribution in [3.05, 3.63) is 64.2 Å². The van der Waals surface area contributed by atoms with Gasteiger partial charge in [0.1, 0.15) is 0 Å². The monoisotopic (exact) mass is 312 g/mol. The average molecular weight is 312 g/mol. The van der Waals surface area contributed by atoms with Crippen LogP contribution in [0.3, 0.4) is 0 Å². The molecule has 23 heavy (non-hydrogen) atoms. The topological polar surface area (TPSA) is 75.4 Å². The molecule has 2 aromatic rings. The van der Waals surface area contributed by atoms with Gasteiger partial charge in [-0.25, -0.2) is 0 Å². The molecule has 2 rings (SSSR count). The van der Waals surface area contributed by atoms with E-state index in [1.54, 1.807) is 32.0 Å². The summed E-state index contributed by atoms with van der Waals surface area (Å²) in [6.45, 7) is 7.87. The third kappa shape index (κ3) is 4.11. The molecule has 0 aliphatic carbocycles. The zero-order valence-electron chi connectivity index (χ0n) is 14.1. The van der Waals surface area contributed by atoms with Crippen LogP contribution < -0.4 is 11.1 Å². The number of rotatable bonds is 4. The number of anilines is 1. The number of carbonyl (C=O) groups is 1. The van der Waals surface area contributed by atoms with Crippen LogP contribution in [0.4, 0.5) is 5.69 Å². The number of amides is 1. The van der Waals surface area contributed by atoms with Crippen LogP contribution in [0.5, 0.6) is 0 Å². The van der Waals surface area contributed by atoms with Gasteiger partial charge < -0.3 is 16.2 Å². The van der Waals surface area contributed by atoms with Crippen molar-refractivity contribution in [3.8, 4) is 0 Å². The van der Waals surface area contributed by atoms with Gasteiger partial charge in [-0.05, 0) is 62.6 Å². The highest BCUT2D eigenvalue weighted by atomic mass is 16.3. The fraction of sp³-hybridized carbons (Fsp3) is 0.316. The smallest absolute Gasteiger partial charge is 0.251 e. The lowest BCUT2D eigenvalue weighted by molar-refractivity contribution is 0.0792. The van der Waals surface area contributed by atoms with Crippen molar-refractivity contribution >= 4 is 11.6 Å². The van der Waals surface area contributed by atoms with Crippen molar-refractivity contribution in [2.75, 3.05) is 5.73 Å². The number of nitrogen functional groups attached to an aromatic ring is 1. The van der Waals surface area contributed by atoms with Crippen molar-refractivity contribution in [1.82, 2.24) is 5.32 Å². The molecule has 0 aliphatic rings. The van der Waals surface area contributed by atoms with E-state index >= 15 is 0 Å². The molecule has 0 atom stereocenters. The van der Waals surface area contributed by atoms with Crippen LogP contribution in [0, 0.1) is 13.8 Å². The third-order valence-electron chi connectivity index (χ3n) is 4.00. The fourth-order valence-electron chi connectivity index (χ4n) is 2.43. The molecule has 4 nitrogen and oxygen atoms in total. The van der Waals surface area contributed by atoms with E-state index in [1.165, 1.54) is 11.1 Å². The van der Waals surface area contributed by atoms with Gasteiger partial charge in [0.05, 0.1) is 5.60 Å². The van der Waals surface area contributed by atoms with Crippen molar-refractivity contribution in [1.29, 1.82) is 0 Å². The highest BCUT2D eigenvalue weighted by Gasteiger charge is 2.20. The van der Waals surface area contributed by atoms with E-state index in [4.69, 9.17) is 5.73 Å². The van der Waals surface area contributed by atoms with Gasteiger partial charge in [0.15, 0.2) is 0 Å². The van der Waals surface area contributed by atoms with Crippen LogP contribution in [-0.2, 0) is 12.1 Å². The minimum Gasteiger partial charge on any atom is -0.398 e. The molecule has 0 aliphatic heterocycles. The van der Waals surface area contributed by atoms with Gasteiger partial charge in [-0.3, -0.25) is 4.79 Å². The second-order valence-electron chi connectivity index (χ2n) is 6.46. The zero-order chi connectivity index (χ0) is 17.2. The molecule has 0 heterocycles. The van der Waals surface area contributed by atoms with Gasteiger partial charge in [-0.15, -0.1) is 0 Å². The number of nitrogens with two attached hydrogens (primary N) is 1. The normalized spacial score (nSPS) is 11.3. The summed E-state index contributed by atoms with van der Waals surface area (Å²) in [5, 5.41) is 13.0. The Morgan fingerprint density at radius 3 is 2.43 bits per heavy atom. The maximum Gasteiger partial charge on any atom is 0.251 e. The highest BCUT2D eigenvalue weighted by Crippen LogP contribution is 2.26. The van der Waals surface area contributed by atoms with E-state index in [0.29, 0.717) is 23.4 Å². The lowest BCUT2D eigenvalue weighted by Gasteiger charge is -2.20. The summed E-state index contributed by atoms with van der Waals surface area (Å²) in [7, 11) is 0. The van der Waals surface area contributed by atoms with E-state index in [-0.39, 0.29) is 5.91 Å². The predicted molar refractivity (Wildman–Crippen MR) is 93.2 cm³/mol. The van der Waals surface area contributed by atoms with Crippen molar-refractivity contribution in [2.45, 2.75) is 39.8 Å². The molecule has 4 heteroatoms. The van der Waals surface area contributed by atoms with Gasteiger partial charge in [0.25, 0.3) is 5.91 Å². The Morgan fingerprint density at radius 1 is 1.13 bits per heavy atom. The number of aliphatic hydroxyl groups is 1. The molecule has 0 bridgehead atoms. The minimum atomic E-state index is -1.09. The molecule has 0 saturated heterocycles. The first-order chi connectivity index (χ1) is 10.7. The number of nitrogens with one attached hydrogen (secondary N) is 1. The number of hydrogen-bond acceptors (Lipinski definition) is 3. The van der Waals surface area contributed by atoms with E-state index in [0.717, 1.165) is 5.56 Å². The van der Waals surface area contributed by atoms with E-state index in [1.807, 2.05) is 12.1 Å². The van der Waals surface area contributed by atoms with Crippen LogP contribution in [-0.4, -0.2) is 11.0 Å². The summed E-state index contributed by atoms with van der Waals surface area (Å²) in [5.74, 6) is -0.186. The van der Waals surface area contributed by atoms with E-state index in [2.05, 4.69) is 25.2 Å². The van der Waals surface area contributed by atoms with Crippen LogP contribution in [0.25, 0.3) is 0 Å². The summed E-state index contributed by atoms with van der Waals surface area (Å²) in [6.07, 6.45) is 0. The molecule has 0 spiro atoms. The summed E-state index contributed by atoms with van der Waals surface area (Å²) < 4.78 is 0. The van der Waals surface area contributed by atoms with Crippen molar-refractivity contribution < 1.29 is 9.90 Å². The van der Waals surface area contributed by atoms with Crippen molar-refractivity contribution in [3.63, 3.8) is 0 Å². The Kier molecular flexibility index (Phi) is 4.76. The molecule has 122 valence electrons. The number of carbonyl (C=O) groups excluding carboxylic acids is 1. The van der Waals surface area contributed by atoms with Crippen molar-refractivity contribution in [2.24, 2.45) is 0 Å². The second kappa shape index (κ2) is 6.42. The SMILES string of the molecule is Cc1ccc(CNC(=O)c2ccc(N)c(C(C)(C)O)c2)cc1C. The lowest BCUT2D eigenvalue weighted by atomic mass is 9.94. The lowest BCUT2D eigenvalue weighted by Crippen LogP contribution is -2.24. The molecule has 0 saturated carbocycles. The molecule has 1 amide bonds. The number of benzene rings is 2. The van der Waals surface area contributed by atoms with E-state index < -0.39 is 5.60 Å². The minimum absolute atomic E-state index is 0.186. The van der Waals surface area contributed by atoms with Gasteiger partial charge in [0, 0.05) is 23.4 Å². The third-order valence-corrected chi connectivity index (χ3v) is 4.00. The zero-order valence-corrected chi connectivity index (χ0v) is 14.1. The standard InChI is InChI=1S/C19H24N2O2/c1-12-5-6-14(9-13(12)2)11-21-18(22)15-7-8-17(20)16(10-15)19(3,4)23/h5-10,23H,11,20H2,1-4H3,(H,21,22). The van der Waals surface area contributed by atoms with Gasteiger partial charge in [0.2, 0.25) is 0 Å². The Morgan fingerprint density at radius 2 is 1.83 bits per heavy atom. The summed E-state index contributed by atoms with van der Waals surface area (Å²) >= 11 is 0. The molecular formula is C19H24N2O2. The maximum atomic E-state index is 12.3. The highest BCUT2D eigenvalue weighted by molar-refractivity contribution is 5.94. The Hall–Kier alpha value is -2.33. The molecule has 0 unspecified atom stereocenters. The van der Waals surface area contributed by atoms with E-state index in [9.17, 15) is 9.90 Å². The first kappa shape index (κ1) is 17.0. The average Bonchev–Trinajstić information content (AvgIpc) is 2.47. The number of aryl methyl sites for hydroxylation is 2. The molecular weight excluding hydrogens is 288 g/mol. The second-order valence-corrected chi connectivity index (χ2v) is 6.46. The quantitative estimate of drug-likeness (QED) is 0.760. The first-order valence-electron chi connectivity index (χ1n) is 7.65. The summed E-state index contributed by atoms with van der Waals surface area (Å²) in [6, 6.07) is 11.1. The Labute approximate surface area is 137 Å². The Balaban J connectivity index is 2.13. The summed E-state index contributed by atoms with van der Waals surface area (Å²) in [4.78, 5) is 12.3. The molecule has 0 aromatic heterocycles. The van der Waals surface area contributed by atoms with Crippen LogP contribution in [0.1, 0.15) is 46.5 Å². The Bertz CT molecular complexity index is 731. The largest absolute Gasteiger partial charge is 0.398 e.